The number of aromatic nitrogens is 1. The van der Waals surface area contributed by atoms with E-state index in [0.29, 0.717) is 0 Å². The minimum atomic E-state index is -4.48. The second-order valence-electron chi connectivity index (χ2n) is 2.59. The summed E-state index contributed by atoms with van der Waals surface area (Å²) in [5, 5.41) is 0. The summed E-state index contributed by atoms with van der Waals surface area (Å²) in [6, 6.07) is 0.996. The molecule has 0 amide bonds. The lowest BCUT2D eigenvalue weighted by atomic mass is 10.1. The summed E-state index contributed by atoms with van der Waals surface area (Å²) in [5.41, 5.74) is 8.87. The number of nitrogens with zero attached hydrogens (tertiary/aromatic N) is 1. The molecule has 1 rings (SSSR count). The number of alkyl halides is 3. The highest BCUT2D eigenvalue weighted by molar-refractivity contribution is 5.56. The fourth-order valence-corrected chi connectivity index (χ4v) is 1.09. The third-order valence-corrected chi connectivity index (χ3v) is 1.53. The van der Waals surface area contributed by atoms with E-state index < -0.39 is 17.4 Å². The summed E-state index contributed by atoms with van der Waals surface area (Å²) in [6.45, 7) is 1.22. The largest absolute Gasteiger partial charge is 0.420 e. The number of hydrogen-bond acceptors (Lipinski definition) is 3. The van der Waals surface area contributed by atoms with Gasteiger partial charge in [-0.2, -0.15) is 13.2 Å². The highest BCUT2D eigenvalue weighted by Gasteiger charge is 2.35. The van der Waals surface area contributed by atoms with Crippen LogP contribution < -0.4 is 11.5 Å². The van der Waals surface area contributed by atoms with Gasteiger partial charge in [-0.15, -0.1) is 0 Å². The van der Waals surface area contributed by atoms with Crippen molar-refractivity contribution in [3.05, 3.63) is 17.3 Å². The zero-order valence-electron chi connectivity index (χ0n) is 6.81. The van der Waals surface area contributed by atoms with Crippen LogP contribution in [0.25, 0.3) is 0 Å². The van der Waals surface area contributed by atoms with E-state index in [1.165, 1.54) is 6.92 Å². The summed E-state index contributed by atoms with van der Waals surface area (Å²) in [7, 11) is 0. The molecule has 0 saturated heterocycles. The molecule has 0 unspecified atom stereocenters. The van der Waals surface area contributed by atoms with Gasteiger partial charge in [-0.1, -0.05) is 0 Å². The van der Waals surface area contributed by atoms with Gasteiger partial charge >= 0.3 is 6.18 Å². The van der Waals surface area contributed by atoms with Crippen LogP contribution in [0, 0.1) is 6.92 Å². The molecule has 6 heteroatoms. The molecule has 0 radical (unpaired) electrons. The maximum Gasteiger partial charge on any atom is 0.420 e. The van der Waals surface area contributed by atoms with Crippen molar-refractivity contribution in [3.8, 4) is 0 Å². The number of hydrogen-bond donors (Lipinski definition) is 2. The van der Waals surface area contributed by atoms with Gasteiger partial charge in [0.2, 0.25) is 0 Å². The number of nitrogen functional groups attached to an aromatic ring is 2. The van der Waals surface area contributed by atoms with Gasteiger partial charge in [0.05, 0.1) is 11.3 Å². The van der Waals surface area contributed by atoms with Gasteiger partial charge in [0.15, 0.2) is 0 Å². The van der Waals surface area contributed by atoms with Gasteiger partial charge in [0.25, 0.3) is 0 Å². The van der Waals surface area contributed by atoms with Crippen LogP contribution in [0.4, 0.5) is 24.7 Å². The second kappa shape index (κ2) is 2.79. The lowest BCUT2D eigenvalue weighted by molar-refractivity contribution is -0.137. The number of pyridine rings is 1. The lowest BCUT2D eigenvalue weighted by Crippen LogP contribution is -2.13. The van der Waals surface area contributed by atoms with Crippen LogP contribution >= 0.6 is 0 Å². The SMILES string of the molecule is Cc1nc(N)cc(N)c1C(F)(F)F. The summed E-state index contributed by atoms with van der Waals surface area (Å²) >= 11 is 0. The molecule has 0 atom stereocenters. The van der Waals surface area contributed by atoms with E-state index in [1.54, 1.807) is 0 Å². The number of halogens is 3. The maximum atomic E-state index is 12.3. The minimum absolute atomic E-state index is 0.0111. The first-order valence-electron chi connectivity index (χ1n) is 3.42. The van der Waals surface area contributed by atoms with Gasteiger partial charge in [-0.05, 0) is 6.92 Å². The van der Waals surface area contributed by atoms with Crippen LogP contribution in [0.2, 0.25) is 0 Å². The zero-order valence-corrected chi connectivity index (χ0v) is 6.81. The molecular weight excluding hydrogens is 183 g/mol. The predicted molar refractivity (Wildman–Crippen MR) is 42.8 cm³/mol. The number of rotatable bonds is 0. The van der Waals surface area contributed by atoms with E-state index >= 15 is 0 Å². The molecule has 0 saturated carbocycles. The van der Waals surface area contributed by atoms with E-state index in [0.717, 1.165) is 6.07 Å². The van der Waals surface area contributed by atoms with Crippen LogP contribution in [0.1, 0.15) is 11.3 Å². The molecule has 3 nitrogen and oxygen atoms in total. The van der Waals surface area contributed by atoms with Gasteiger partial charge in [0, 0.05) is 11.8 Å². The Hall–Kier alpha value is -1.46. The topological polar surface area (TPSA) is 64.9 Å². The van der Waals surface area contributed by atoms with Crippen molar-refractivity contribution in [2.75, 3.05) is 11.5 Å². The van der Waals surface area contributed by atoms with Crippen molar-refractivity contribution in [1.29, 1.82) is 0 Å². The molecule has 0 aromatic carbocycles. The number of anilines is 2. The number of aryl methyl sites for hydroxylation is 1. The molecule has 0 fully saturated rings. The molecule has 1 aromatic rings. The highest BCUT2D eigenvalue weighted by Crippen LogP contribution is 2.35. The van der Waals surface area contributed by atoms with Crippen LogP contribution in [0.15, 0.2) is 6.07 Å². The minimum Gasteiger partial charge on any atom is -0.398 e. The Kier molecular flexibility index (Phi) is 2.07. The Bertz CT molecular complexity index is 309. The quantitative estimate of drug-likeness (QED) is 0.654. The monoisotopic (exact) mass is 191 g/mol. The van der Waals surface area contributed by atoms with Crippen LogP contribution in [0.3, 0.4) is 0 Å². The van der Waals surface area contributed by atoms with Gasteiger partial charge < -0.3 is 11.5 Å². The van der Waals surface area contributed by atoms with Crippen molar-refractivity contribution < 1.29 is 13.2 Å². The maximum absolute atomic E-state index is 12.3. The molecule has 1 heterocycles. The average Bonchev–Trinajstić information content (AvgIpc) is 1.78. The molecule has 0 spiro atoms. The summed E-state index contributed by atoms with van der Waals surface area (Å²) < 4.78 is 36.8. The predicted octanol–water partition coefficient (Wildman–Crippen LogP) is 1.57. The first-order valence-corrected chi connectivity index (χ1v) is 3.42. The first kappa shape index (κ1) is 9.63. The van der Waals surface area contributed by atoms with E-state index in [4.69, 9.17) is 11.5 Å². The molecular formula is C7H8F3N3. The summed E-state index contributed by atoms with van der Waals surface area (Å²) in [6.07, 6.45) is -4.48. The molecule has 4 N–H and O–H groups in total. The summed E-state index contributed by atoms with van der Waals surface area (Å²) in [5.74, 6) is -0.0111. The fourth-order valence-electron chi connectivity index (χ4n) is 1.09. The second-order valence-corrected chi connectivity index (χ2v) is 2.59. The Morgan fingerprint density at radius 1 is 1.31 bits per heavy atom. The van der Waals surface area contributed by atoms with Crippen molar-refractivity contribution in [2.45, 2.75) is 13.1 Å². The normalized spacial score (nSPS) is 11.7. The van der Waals surface area contributed by atoms with E-state index in [9.17, 15) is 13.2 Å². The third kappa shape index (κ3) is 1.82. The van der Waals surface area contributed by atoms with Crippen LogP contribution in [-0.4, -0.2) is 4.98 Å². The Morgan fingerprint density at radius 2 is 1.85 bits per heavy atom. The third-order valence-electron chi connectivity index (χ3n) is 1.53. The first-order chi connectivity index (χ1) is 5.82. The average molecular weight is 191 g/mol. The Labute approximate surface area is 72.6 Å². The van der Waals surface area contributed by atoms with Crippen molar-refractivity contribution in [1.82, 2.24) is 4.98 Å². The smallest absolute Gasteiger partial charge is 0.398 e. The molecule has 72 valence electrons. The molecule has 0 aliphatic carbocycles. The molecule has 0 aliphatic heterocycles. The molecule has 1 aromatic heterocycles. The Morgan fingerprint density at radius 3 is 2.23 bits per heavy atom. The van der Waals surface area contributed by atoms with E-state index in [1.807, 2.05) is 0 Å². The Balaban J connectivity index is 3.38. The van der Waals surface area contributed by atoms with Crippen LogP contribution in [-0.2, 0) is 6.18 Å². The van der Waals surface area contributed by atoms with Gasteiger partial charge in [-0.3, -0.25) is 0 Å². The van der Waals surface area contributed by atoms with E-state index in [2.05, 4.69) is 4.98 Å². The lowest BCUT2D eigenvalue weighted by Gasteiger charge is -2.12. The van der Waals surface area contributed by atoms with Crippen molar-refractivity contribution in [2.24, 2.45) is 0 Å². The molecule has 0 aliphatic rings. The van der Waals surface area contributed by atoms with Crippen molar-refractivity contribution >= 4 is 11.5 Å². The zero-order chi connectivity index (χ0) is 10.2. The van der Waals surface area contributed by atoms with Crippen LogP contribution in [0.5, 0.6) is 0 Å². The highest BCUT2D eigenvalue weighted by atomic mass is 19.4. The molecule has 0 bridgehead atoms. The molecule has 13 heavy (non-hydrogen) atoms. The summed E-state index contributed by atoms with van der Waals surface area (Å²) in [4.78, 5) is 3.48. The van der Waals surface area contributed by atoms with Gasteiger partial charge in [-0.25, -0.2) is 4.98 Å². The van der Waals surface area contributed by atoms with Crippen molar-refractivity contribution in [3.63, 3.8) is 0 Å². The standard InChI is InChI=1S/C7H8F3N3/c1-3-6(7(8,9)10)4(11)2-5(12)13-3/h2H,1H3,(H4,11,12,13). The van der Waals surface area contributed by atoms with Gasteiger partial charge in [0.1, 0.15) is 5.82 Å². The van der Waals surface area contributed by atoms with E-state index in [-0.39, 0.29) is 11.5 Å². The fraction of sp³-hybridized carbons (Fsp3) is 0.286. The number of nitrogens with two attached hydrogens (primary N) is 2.